The fraction of sp³-hybridized carbons (Fsp3) is 0.391. The molecular formula is C23H25NO4. The lowest BCUT2D eigenvalue weighted by Gasteiger charge is -2.16. The molecule has 5 heteroatoms. The van der Waals surface area contributed by atoms with Crippen LogP contribution in [0.2, 0.25) is 0 Å². The van der Waals surface area contributed by atoms with E-state index in [0.717, 1.165) is 23.3 Å². The molecule has 1 aliphatic carbocycles. The van der Waals surface area contributed by atoms with E-state index in [0.29, 0.717) is 19.7 Å². The second kappa shape index (κ2) is 7.66. The number of rotatable bonds is 6. The number of hydrogen-bond donors (Lipinski definition) is 1. The Bertz CT molecular complexity index is 849. The molecule has 1 amide bonds. The van der Waals surface area contributed by atoms with Gasteiger partial charge in [0, 0.05) is 19.0 Å². The van der Waals surface area contributed by atoms with Crippen molar-refractivity contribution in [3.05, 3.63) is 65.7 Å². The third kappa shape index (κ3) is 3.88. The molecule has 28 heavy (non-hydrogen) atoms. The predicted molar refractivity (Wildman–Crippen MR) is 105 cm³/mol. The Morgan fingerprint density at radius 3 is 2.39 bits per heavy atom. The Morgan fingerprint density at radius 1 is 1.04 bits per heavy atom. The second-order valence-corrected chi connectivity index (χ2v) is 7.96. The van der Waals surface area contributed by atoms with Gasteiger partial charge in [0.25, 0.3) is 0 Å². The van der Waals surface area contributed by atoms with Crippen LogP contribution in [-0.2, 0) is 16.2 Å². The smallest absolute Gasteiger partial charge is 0.308 e. The summed E-state index contributed by atoms with van der Waals surface area (Å²) in [5, 5.41) is 9.26. The fourth-order valence-electron chi connectivity index (χ4n) is 4.09. The maximum absolute atomic E-state index is 12.7. The van der Waals surface area contributed by atoms with Crippen LogP contribution in [0.1, 0.15) is 30.4 Å². The van der Waals surface area contributed by atoms with E-state index in [1.54, 1.807) is 4.90 Å². The molecule has 1 aliphatic heterocycles. The lowest BCUT2D eigenvalue weighted by Crippen LogP contribution is -2.31. The summed E-state index contributed by atoms with van der Waals surface area (Å²) in [4.78, 5) is 25.8. The monoisotopic (exact) mass is 379 g/mol. The average molecular weight is 379 g/mol. The molecule has 2 aromatic carbocycles. The van der Waals surface area contributed by atoms with Gasteiger partial charge in [-0.3, -0.25) is 9.59 Å². The zero-order valence-electron chi connectivity index (χ0n) is 16.0. The van der Waals surface area contributed by atoms with Crippen LogP contribution < -0.4 is 4.74 Å². The summed E-state index contributed by atoms with van der Waals surface area (Å²) >= 11 is 0. The minimum Gasteiger partial charge on any atom is -0.489 e. The Labute approximate surface area is 164 Å². The first kappa shape index (κ1) is 18.5. The Hall–Kier alpha value is -2.82. The van der Waals surface area contributed by atoms with Gasteiger partial charge in [0.05, 0.1) is 5.92 Å². The molecule has 2 aromatic rings. The highest BCUT2D eigenvalue weighted by atomic mass is 16.5. The van der Waals surface area contributed by atoms with Gasteiger partial charge in [-0.25, -0.2) is 0 Å². The van der Waals surface area contributed by atoms with Crippen LogP contribution in [0.15, 0.2) is 54.6 Å². The molecule has 1 saturated heterocycles. The van der Waals surface area contributed by atoms with Crippen molar-refractivity contribution in [2.24, 2.45) is 17.8 Å². The summed E-state index contributed by atoms with van der Waals surface area (Å²) in [6.07, 6.45) is 0.839. The molecule has 2 unspecified atom stereocenters. The molecule has 4 rings (SSSR count). The number of ether oxygens (including phenoxy) is 1. The Morgan fingerprint density at radius 2 is 1.75 bits per heavy atom. The SMILES string of the molecule is C[C@@H]1CN(C(=O)C2CC2c2ccc(OCc3ccccc3)cc2)C[C@H]1C(=O)O. The number of hydrogen-bond acceptors (Lipinski definition) is 3. The molecule has 0 bridgehead atoms. The first-order valence-electron chi connectivity index (χ1n) is 9.81. The van der Waals surface area contributed by atoms with Gasteiger partial charge in [0.1, 0.15) is 12.4 Å². The highest BCUT2D eigenvalue weighted by molar-refractivity contribution is 5.84. The van der Waals surface area contributed by atoms with Crippen LogP contribution in [0.4, 0.5) is 0 Å². The number of nitrogens with zero attached hydrogens (tertiary/aromatic N) is 1. The first-order valence-corrected chi connectivity index (χ1v) is 9.81. The van der Waals surface area contributed by atoms with Crippen LogP contribution >= 0.6 is 0 Å². The van der Waals surface area contributed by atoms with Gasteiger partial charge in [0.15, 0.2) is 0 Å². The van der Waals surface area contributed by atoms with Crippen LogP contribution in [0.3, 0.4) is 0 Å². The van der Waals surface area contributed by atoms with Gasteiger partial charge in [-0.05, 0) is 41.5 Å². The van der Waals surface area contributed by atoms with Gasteiger partial charge < -0.3 is 14.7 Å². The zero-order valence-corrected chi connectivity index (χ0v) is 16.0. The van der Waals surface area contributed by atoms with Crippen LogP contribution in [-0.4, -0.2) is 35.0 Å². The second-order valence-electron chi connectivity index (χ2n) is 7.96. The number of carbonyl (C=O) groups is 2. The third-order valence-corrected chi connectivity index (χ3v) is 5.91. The molecule has 1 heterocycles. The minimum atomic E-state index is -0.804. The normalized spacial score (nSPS) is 26.1. The number of carbonyl (C=O) groups excluding carboxylic acids is 1. The molecule has 2 aliphatic rings. The van der Waals surface area contributed by atoms with Crippen LogP contribution in [0.25, 0.3) is 0 Å². The van der Waals surface area contributed by atoms with E-state index in [1.807, 2.05) is 61.5 Å². The molecule has 2 fully saturated rings. The summed E-state index contributed by atoms with van der Waals surface area (Å²) in [5.74, 6) is -0.104. The van der Waals surface area contributed by atoms with Crippen molar-refractivity contribution in [1.29, 1.82) is 0 Å². The van der Waals surface area contributed by atoms with Gasteiger partial charge in [-0.15, -0.1) is 0 Å². The summed E-state index contributed by atoms with van der Waals surface area (Å²) < 4.78 is 5.82. The number of carboxylic acid groups (broad SMARTS) is 1. The molecule has 146 valence electrons. The number of likely N-dealkylation sites (tertiary alicyclic amines) is 1. The molecule has 1 saturated carbocycles. The molecular weight excluding hydrogens is 354 g/mol. The van der Waals surface area contributed by atoms with E-state index in [1.165, 1.54) is 0 Å². The Kier molecular flexibility index (Phi) is 5.07. The molecule has 0 aromatic heterocycles. The van der Waals surface area contributed by atoms with E-state index in [-0.39, 0.29) is 23.7 Å². The van der Waals surface area contributed by atoms with Crippen molar-refractivity contribution < 1.29 is 19.4 Å². The number of benzene rings is 2. The standard InChI is InChI=1S/C23H25NO4/c1-15-12-24(13-21(15)23(26)27)22(25)20-11-19(20)17-7-9-18(10-8-17)28-14-16-5-3-2-4-6-16/h2-10,15,19-21H,11-14H2,1H3,(H,26,27)/t15-,19?,20?,21-/m1/s1. The van der Waals surface area contributed by atoms with Crippen molar-refractivity contribution in [3.8, 4) is 5.75 Å². The van der Waals surface area contributed by atoms with Crippen molar-refractivity contribution in [3.63, 3.8) is 0 Å². The van der Waals surface area contributed by atoms with Crippen molar-refractivity contribution in [1.82, 2.24) is 4.90 Å². The number of aliphatic carboxylic acids is 1. The molecule has 0 radical (unpaired) electrons. The summed E-state index contributed by atoms with van der Waals surface area (Å²) in [6.45, 7) is 3.32. The van der Waals surface area contributed by atoms with E-state index in [4.69, 9.17) is 4.74 Å². The minimum absolute atomic E-state index is 0.0136. The van der Waals surface area contributed by atoms with E-state index < -0.39 is 11.9 Å². The molecule has 0 spiro atoms. The highest BCUT2D eigenvalue weighted by Gasteiger charge is 2.48. The van der Waals surface area contributed by atoms with Gasteiger partial charge >= 0.3 is 5.97 Å². The van der Waals surface area contributed by atoms with Crippen molar-refractivity contribution in [2.45, 2.75) is 25.9 Å². The summed E-state index contributed by atoms with van der Waals surface area (Å²) in [6, 6.07) is 18.0. The quantitative estimate of drug-likeness (QED) is 0.834. The van der Waals surface area contributed by atoms with Gasteiger partial charge in [-0.2, -0.15) is 0 Å². The fourth-order valence-corrected chi connectivity index (χ4v) is 4.09. The number of carboxylic acids is 1. The van der Waals surface area contributed by atoms with Gasteiger partial charge in [0.2, 0.25) is 5.91 Å². The van der Waals surface area contributed by atoms with Crippen LogP contribution in [0.5, 0.6) is 5.75 Å². The molecule has 1 N–H and O–H groups in total. The Balaban J connectivity index is 1.31. The lowest BCUT2D eigenvalue weighted by atomic mass is 9.99. The summed E-state index contributed by atoms with van der Waals surface area (Å²) in [5.41, 5.74) is 2.27. The molecule has 4 atom stereocenters. The lowest BCUT2D eigenvalue weighted by molar-refractivity contribution is -0.142. The van der Waals surface area contributed by atoms with E-state index in [2.05, 4.69) is 0 Å². The average Bonchev–Trinajstić information content (AvgIpc) is 3.41. The predicted octanol–water partition coefficient (Wildman–Crippen LogP) is 3.55. The maximum atomic E-state index is 12.7. The van der Waals surface area contributed by atoms with E-state index in [9.17, 15) is 14.7 Å². The van der Waals surface area contributed by atoms with Crippen LogP contribution in [0, 0.1) is 17.8 Å². The van der Waals surface area contributed by atoms with Gasteiger partial charge in [-0.1, -0.05) is 49.4 Å². The largest absolute Gasteiger partial charge is 0.489 e. The zero-order chi connectivity index (χ0) is 19.7. The topological polar surface area (TPSA) is 66.8 Å². The first-order chi connectivity index (χ1) is 13.5. The van der Waals surface area contributed by atoms with E-state index >= 15 is 0 Å². The molecule has 5 nitrogen and oxygen atoms in total. The number of amides is 1. The van der Waals surface area contributed by atoms with Crippen molar-refractivity contribution in [2.75, 3.05) is 13.1 Å². The highest BCUT2D eigenvalue weighted by Crippen LogP contribution is 2.49. The third-order valence-electron chi connectivity index (χ3n) is 5.91. The summed E-state index contributed by atoms with van der Waals surface area (Å²) in [7, 11) is 0. The maximum Gasteiger partial charge on any atom is 0.308 e. The van der Waals surface area contributed by atoms with Crippen molar-refractivity contribution >= 4 is 11.9 Å².